The Morgan fingerprint density at radius 3 is 2.64 bits per heavy atom. The number of hydrogen-bond donors (Lipinski definition) is 1. The summed E-state index contributed by atoms with van der Waals surface area (Å²) in [7, 11) is 0. The number of rotatable bonds is 1. The van der Waals surface area contributed by atoms with Gasteiger partial charge in [0.2, 0.25) is 5.16 Å². The number of benzene rings is 1. The first-order chi connectivity index (χ1) is 6.68. The van der Waals surface area contributed by atoms with Crippen molar-refractivity contribution in [1.82, 2.24) is 20.2 Å². The van der Waals surface area contributed by atoms with Gasteiger partial charge in [-0.1, -0.05) is 23.2 Å². The van der Waals surface area contributed by atoms with Crippen LogP contribution < -0.4 is 0 Å². The number of nitrogens with zero attached hydrogens (tertiary/aromatic N) is 4. The van der Waals surface area contributed by atoms with Crippen molar-refractivity contribution in [1.29, 1.82) is 0 Å². The molecule has 1 heterocycles. The van der Waals surface area contributed by atoms with E-state index in [4.69, 9.17) is 23.2 Å². The summed E-state index contributed by atoms with van der Waals surface area (Å²) in [5.41, 5.74) is 0.645. The molecule has 0 amide bonds. The van der Waals surface area contributed by atoms with Crippen LogP contribution in [0.1, 0.15) is 0 Å². The molecule has 2 aromatic rings. The third-order valence-corrected chi connectivity index (χ3v) is 2.41. The van der Waals surface area contributed by atoms with E-state index < -0.39 is 0 Å². The molecule has 1 aromatic heterocycles. The first-order valence-electron chi connectivity index (χ1n) is 3.61. The topological polar surface area (TPSA) is 43.6 Å². The van der Waals surface area contributed by atoms with Gasteiger partial charge < -0.3 is 0 Å². The summed E-state index contributed by atoms with van der Waals surface area (Å²) in [6, 6.07) is 5.05. The van der Waals surface area contributed by atoms with Crippen molar-refractivity contribution in [2.45, 2.75) is 5.16 Å². The fourth-order valence-corrected chi connectivity index (χ4v) is 1.67. The third kappa shape index (κ3) is 1.70. The first-order valence-corrected chi connectivity index (χ1v) is 4.81. The average molecular weight is 247 g/mol. The molecule has 0 radical (unpaired) electrons. The Kier molecular flexibility index (Phi) is 2.62. The summed E-state index contributed by atoms with van der Waals surface area (Å²) in [6.07, 6.45) is 0. The van der Waals surface area contributed by atoms with Gasteiger partial charge in [-0.15, -0.1) is 17.7 Å². The molecule has 0 atom stereocenters. The molecule has 0 aliphatic rings. The van der Waals surface area contributed by atoms with Crippen LogP contribution in [0.15, 0.2) is 23.4 Å². The van der Waals surface area contributed by atoms with E-state index in [1.807, 2.05) is 0 Å². The predicted molar refractivity (Wildman–Crippen MR) is 56.4 cm³/mol. The molecule has 0 aliphatic carbocycles. The molecule has 0 saturated heterocycles. The predicted octanol–water partition coefficient (Wildman–Crippen LogP) is 2.26. The number of thiol groups is 1. The summed E-state index contributed by atoms with van der Waals surface area (Å²) in [5.74, 6) is 0. The van der Waals surface area contributed by atoms with Crippen molar-refractivity contribution in [3.63, 3.8) is 0 Å². The molecule has 1 aromatic carbocycles. The molecule has 0 N–H and O–H groups in total. The molecule has 4 nitrogen and oxygen atoms in total. The van der Waals surface area contributed by atoms with Crippen LogP contribution >= 0.6 is 35.8 Å². The van der Waals surface area contributed by atoms with E-state index in [0.29, 0.717) is 20.9 Å². The normalized spacial score (nSPS) is 10.5. The molecular formula is C7H4Cl2N4S. The standard InChI is InChI=1S/C7H4Cl2N4S/c8-4-1-2-6(5(9)3-4)13-7(14)10-11-12-13/h1-3H,(H,10,12,14). The van der Waals surface area contributed by atoms with Gasteiger partial charge in [-0.05, 0) is 28.6 Å². The Morgan fingerprint density at radius 2 is 2.07 bits per heavy atom. The van der Waals surface area contributed by atoms with Gasteiger partial charge in [0.05, 0.1) is 10.7 Å². The molecule has 7 heteroatoms. The van der Waals surface area contributed by atoms with Crippen LogP contribution in [-0.4, -0.2) is 20.2 Å². The SMILES string of the molecule is Sc1nnnn1-c1ccc(Cl)cc1Cl. The molecule has 0 fully saturated rings. The van der Waals surface area contributed by atoms with Crippen molar-refractivity contribution in [3.8, 4) is 5.69 Å². The van der Waals surface area contributed by atoms with Crippen LogP contribution in [0.3, 0.4) is 0 Å². The molecule has 0 bridgehead atoms. The van der Waals surface area contributed by atoms with Gasteiger partial charge in [0, 0.05) is 5.02 Å². The lowest BCUT2D eigenvalue weighted by molar-refractivity contribution is 0.758. The van der Waals surface area contributed by atoms with Crippen molar-refractivity contribution >= 4 is 35.8 Å². The van der Waals surface area contributed by atoms with Crippen LogP contribution in [0.5, 0.6) is 0 Å². The zero-order valence-electron chi connectivity index (χ0n) is 6.72. The van der Waals surface area contributed by atoms with Gasteiger partial charge >= 0.3 is 0 Å². The highest BCUT2D eigenvalue weighted by Gasteiger charge is 2.08. The second-order valence-corrected chi connectivity index (χ2v) is 3.73. The van der Waals surface area contributed by atoms with Gasteiger partial charge in [0.15, 0.2) is 0 Å². The monoisotopic (exact) mass is 246 g/mol. The maximum atomic E-state index is 5.96. The van der Waals surface area contributed by atoms with Crippen molar-refractivity contribution in [3.05, 3.63) is 28.2 Å². The van der Waals surface area contributed by atoms with Gasteiger partial charge in [0.25, 0.3) is 0 Å². The Bertz CT molecular complexity index is 470. The summed E-state index contributed by atoms with van der Waals surface area (Å²) in [6.45, 7) is 0. The highest BCUT2D eigenvalue weighted by molar-refractivity contribution is 7.80. The fourth-order valence-electron chi connectivity index (χ4n) is 0.991. The molecule has 0 aliphatic heterocycles. The van der Waals surface area contributed by atoms with Crippen LogP contribution in [0.4, 0.5) is 0 Å². The highest BCUT2D eigenvalue weighted by atomic mass is 35.5. The van der Waals surface area contributed by atoms with Gasteiger partial charge in [0.1, 0.15) is 0 Å². The van der Waals surface area contributed by atoms with Crippen LogP contribution in [0.25, 0.3) is 5.69 Å². The van der Waals surface area contributed by atoms with E-state index in [9.17, 15) is 0 Å². The minimum Gasteiger partial charge on any atom is -0.186 e. The second-order valence-electron chi connectivity index (χ2n) is 2.49. The van der Waals surface area contributed by atoms with Crippen LogP contribution in [0.2, 0.25) is 10.0 Å². The Balaban J connectivity index is 2.58. The lowest BCUT2D eigenvalue weighted by Crippen LogP contribution is -1.98. The Labute approximate surface area is 95.2 Å². The minimum absolute atomic E-state index is 0.370. The lowest BCUT2D eigenvalue weighted by atomic mass is 10.3. The molecule has 0 spiro atoms. The van der Waals surface area contributed by atoms with E-state index >= 15 is 0 Å². The van der Waals surface area contributed by atoms with Gasteiger partial charge in [-0.25, -0.2) is 0 Å². The maximum Gasteiger partial charge on any atom is 0.211 e. The molecular weight excluding hydrogens is 243 g/mol. The van der Waals surface area contributed by atoms with Crippen molar-refractivity contribution in [2.24, 2.45) is 0 Å². The molecule has 14 heavy (non-hydrogen) atoms. The molecule has 0 saturated carbocycles. The highest BCUT2D eigenvalue weighted by Crippen LogP contribution is 2.24. The summed E-state index contributed by atoms with van der Waals surface area (Å²) < 4.78 is 1.42. The fraction of sp³-hybridized carbons (Fsp3) is 0. The second kappa shape index (κ2) is 3.76. The van der Waals surface area contributed by atoms with Crippen LogP contribution in [-0.2, 0) is 0 Å². The first kappa shape index (κ1) is 9.76. The summed E-state index contributed by atoms with van der Waals surface area (Å²) >= 11 is 15.8. The van der Waals surface area contributed by atoms with Crippen molar-refractivity contribution < 1.29 is 0 Å². The molecule has 2 rings (SSSR count). The smallest absolute Gasteiger partial charge is 0.186 e. The van der Waals surface area contributed by atoms with Crippen LogP contribution in [0, 0.1) is 0 Å². The zero-order chi connectivity index (χ0) is 10.1. The minimum atomic E-state index is 0.370. The summed E-state index contributed by atoms with van der Waals surface area (Å²) in [4.78, 5) is 0. The zero-order valence-corrected chi connectivity index (χ0v) is 9.13. The quantitative estimate of drug-likeness (QED) is 0.786. The maximum absolute atomic E-state index is 5.96. The Morgan fingerprint density at radius 1 is 1.29 bits per heavy atom. The van der Waals surface area contributed by atoms with E-state index in [-0.39, 0.29) is 0 Å². The van der Waals surface area contributed by atoms with Crippen molar-refractivity contribution in [2.75, 3.05) is 0 Å². The number of aromatic nitrogens is 4. The Hall–Kier alpha value is -0.780. The van der Waals surface area contributed by atoms with E-state index in [0.717, 1.165) is 0 Å². The largest absolute Gasteiger partial charge is 0.211 e. The van der Waals surface area contributed by atoms with Gasteiger partial charge in [-0.3, -0.25) is 0 Å². The third-order valence-electron chi connectivity index (χ3n) is 1.59. The average Bonchev–Trinajstić information content (AvgIpc) is 2.52. The van der Waals surface area contributed by atoms with Gasteiger partial charge in [-0.2, -0.15) is 4.68 Å². The van der Waals surface area contributed by atoms with E-state index in [1.54, 1.807) is 18.2 Å². The molecule has 0 unspecified atom stereocenters. The lowest BCUT2D eigenvalue weighted by Gasteiger charge is -2.03. The van der Waals surface area contributed by atoms with E-state index in [1.165, 1.54) is 4.68 Å². The molecule has 72 valence electrons. The number of hydrogen-bond acceptors (Lipinski definition) is 4. The number of tetrazole rings is 1. The number of halogens is 2. The van der Waals surface area contributed by atoms with E-state index in [2.05, 4.69) is 28.2 Å². The summed E-state index contributed by atoms with van der Waals surface area (Å²) in [5, 5.41) is 12.2.